The van der Waals surface area contributed by atoms with Gasteiger partial charge in [0.1, 0.15) is 0 Å². The van der Waals surface area contributed by atoms with Gasteiger partial charge in [-0.3, -0.25) is 14.9 Å². The predicted molar refractivity (Wildman–Crippen MR) is 85.3 cm³/mol. The van der Waals surface area contributed by atoms with Crippen LogP contribution in [0.2, 0.25) is 0 Å². The van der Waals surface area contributed by atoms with Gasteiger partial charge in [0.2, 0.25) is 0 Å². The molecule has 120 valence electrons. The Morgan fingerprint density at radius 2 is 2.35 bits per heavy atom. The second-order valence-electron chi connectivity index (χ2n) is 4.25. The van der Waals surface area contributed by atoms with E-state index in [1.54, 1.807) is 24.4 Å². The number of nitro benzene ring substituents is 1. The highest BCUT2D eigenvalue weighted by Crippen LogP contribution is 2.33. The average Bonchev–Trinajstić information content (AvgIpc) is 3.05. The monoisotopic (exact) mass is 335 g/mol. The molecule has 2 aromatic rings. The fourth-order valence-corrected chi connectivity index (χ4v) is 2.32. The van der Waals surface area contributed by atoms with Crippen LogP contribution in [0.25, 0.3) is 0 Å². The van der Waals surface area contributed by atoms with Crippen LogP contribution in [0.3, 0.4) is 0 Å². The van der Waals surface area contributed by atoms with Gasteiger partial charge >= 0.3 is 0 Å². The number of hydrogen-bond donors (Lipinski definition) is 2. The molecule has 0 aliphatic heterocycles. The zero-order chi connectivity index (χ0) is 16.8. The van der Waals surface area contributed by atoms with E-state index in [2.05, 4.69) is 10.5 Å². The Morgan fingerprint density at radius 3 is 2.96 bits per heavy atom. The zero-order valence-corrected chi connectivity index (χ0v) is 12.9. The number of aromatic hydroxyl groups is 1. The number of non-ortho nitro benzene ring substituents is 1. The number of phenolic OH excluding ortho intramolecular Hbond substituents is 1. The van der Waals surface area contributed by atoms with E-state index in [0.717, 1.165) is 18.3 Å². The molecular formula is C14H13N3O5S. The van der Waals surface area contributed by atoms with Crippen molar-refractivity contribution in [2.45, 2.75) is 6.92 Å². The van der Waals surface area contributed by atoms with Crippen molar-refractivity contribution in [1.29, 1.82) is 0 Å². The van der Waals surface area contributed by atoms with E-state index in [1.165, 1.54) is 11.3 Å². The van der Waals surface area contributed by atoms with Gasteiger partial charge in [0.15, 0.2) is 11.5 Å². The SMILES string of the molecule is CCOc1cc([N+](=O)[O-])cc(/C=N/NC(=O)c2cccs2)c1O. The summed E-state index contributed by atoms with van der Waals surface area (Å²) >= 11 is 1.25. The fraction of sp³-hybridized carbons (Fsp3) is 0.143. The molecule has 2 N–H and O–H groups in total. The van der Waals surface area contributed by atoms with Gasteiger partial charge in [-0.15, -0.1) is 11.3 Å². The minimum atomic E-state index is -0.608. The number of amides is 1. The number of nitro groups is 1. The minimum absolute atomic E-state index is 0.0206. The quantitative estimate of drug-likeness (QED) is 0.478. The lowest BCUT2D eigenvalue weighted by molar-refractivity contribution is -0.385. The number of carbonyl (C=O) groups is 1. The molecule has 23 heavy (non-hydrogen) atoms. The summed E-state index contributed by atoms with van der Waals surface area (Å²) in [4.78, 5) is 22.5. The molecule has 1 amide bonds. The first-order valence-electron chi connectivity index (χ1n) is 6.54. The molecule has 0 atom stereocenters. The minimum Gasteiger partial charge on any atom is -0.504 e. The van der Waals surface area contributed by atoms with Crippen LogP contribution < -0.4 is 10.2 Å². The molecule has 0 aliphatic carbocycles. The van der Waals surface area contributed by atoms with Crippen molar-refractivity contribution in [1.82, 2.24) is 5.43 Å². The third-order valence-electron chi connectivity index (χ3n) is 2.71. The normalized spacial score (nSPS) is 10.7. The number of nitrogens with zero attached hydrogens (tertiary/aromatic N) is 2. The second kappa shape index (κ2) is 7.36. The molecule has 9 heteroatoms. The van der Waals surface area contributed by atoms with Crippen molar-refractivity contribution < 1.29 is 19.6 Å². The maximum Gasteiger partial charge on any atom is 0.281 e. The van der Waals surface area contributed by atoms with Crippen molar-refractivity contribution in [3.8, 4) is 11.5 Å². The van der Waals surface area contributed by atoms with Crippen LogP contribution in [-0.2, 0) is 0 Å². The Bertz CT molecular complexity index is 743. The van der Waals surface area contributed by atoms with Crippen molar-refractivity contribution in [3.63, 3.8) is 0 Å². The van der Waals surface area contributed by atoms with Gasteiger partial charge in [0.25, 0.3) is 11.6 Å². The number of benzene rings is 1. The summed E-state index contributed by atoms with van der Waals surface area (Å²) in [6.45, 7) is 1.92. The molecule has 0 spiro atoms. The standard InChI is InChI=1S/C14H13N3O5S/c1-2-22-11-7-10(17(20)21)6-9(13(11)18)8-15-16-14(19)12-4-3-5-23-12/h3-8,18H,2H2,1H3,(H,16,19)/b15-8+. The van der Waals surface area contributed by atoms with E-state index >= 15 is 0 Å². The Kier molecular flexibility index (Phi) is 5.26. The molecule has 1 aromatic heterocycles. The molecule has 8 nitrogen and oxygen atoms in total. The van der Waals surface area contributed by atoms with Gasteiger partial charge in [0, 0.05) is 11.6 Å². The molecule has 2 rings (SSSR count). The molecule has 0 bridgehead atoms. The lowest BCUT2D eigenvalue weighted by atomic mass is 10.1. The maximum atomic E-state index is 11.7. The van der Waals surface area contributed by atoms with Crippen LogP contribution in [0, 0.1) is 10.1 Å². The molecule has 1 aromatic carbocycles. The number of hydrazone groups is 1. The van der Waals surface area contributed by atoms with Crippen LogP contribution in [0.5, 0.6) is 11.5 Å². The highest BCUT2D eigenvalue weighted by atomic mass is 32.1. The van der Waals surface area contributed by atoms with Gasteiger partial charge in [-0.2, -0.15) is 5.10 Å². The first-order chi connectivity index (χ1) is 11.0. The second-order valence-corrected chi connectivity index (χ2v) is 5.20. The first-order valence-corrected chi connectivity index (χ1v) is 7.42. The first kappa shape index (κ1) is 16.4. The lowest BCUT2D eigenvalue weighted by Gasteiger charge is -2.07. The third kappa shape index (κ3) is 4.04. The van der Waals surface area contributed by atoms with Crippen molar-refractivity contribution in [3.05, 3.63) is 50.2 Å². The van der Waals surface area contributed by atoms with Crippen LogP contribution in [0.15, 0.2) is 34.7 Å². The average molecular weight is 335 g/mol. The Hall–Kier alpha value is -2.94. The van der Waals surface area contributed by atoms with Crippen molar-refractivity contribution in [2.75, 3.05) is 6.61 Å². The van der Waals surface area contributed by atoms with E-state index in [1.807, 2.05) is 0 Å². The molecule has 0 fully saturated rings. The van der Waals surface area contributed by atoms with Crippen LogP contribution in [-0.4, -0.2) is 28.8 Å². The van der Waals surface area contributed by atoms with Crippen molar-refractivity contribution in [2.24, 2.45) is 5.10 Å². The van der Waals surface area contributed by atoms with Crippen LogP contribution in [0.1, 0.15) is 22.2 Å². The van der Waals surface area contributed by atoms with E-state index in [9.17, 15) is 20.0 Å². The summed E-state index contributed by atoms with van der Waals surface area (Å²) in [5.41, 5.74) is 2.09. The Morgan fingerprint density at radius 1 is 1.57 bits per heavy atom. The van der Waals surface area contributed by atoms with Crippen LogP contribution in [0.4, 0.5) is 5.69 Å². The van der Waals surface area contributed by atoms with Crippen molar-refractivity contribution >= 4 is 29.1 Å². The molecule has 0 saturated carbocycles. The van der Waals surface area contributed by atoms with E-state index in [0.29, 0.717) is 4.88 Å². The number of carbonyl (C=O) groups excluding carboxylic acids is 1. The predicted octanol–water partition coefficient (Wildman–Crippen LogP) is 2.52. The topological polar surface area (TPSA) is 114 Å². The number of nitrogens with one attached hydrogen (secondary N) is 1. The number of phenols is 1. The van der Waals surface area contributed by atoms with Gasteiger partial charge < -0.3 is 9.84 Å². The summed E-state index contributed by atoms with van der Waals surface area (Å²) in [5, 5.41) is 26.4. The summed E-state index contributed by atoms with van der Waals surface area (Å²) in [6, 6.07) is 5.62. The summed E-state index contributed by atoms with van der Waals surface area (Å²) in [6.07, 6.45) is 1.12. The highest BCUT2D eigenvalue weighted by molar-refractivity contribution is 7.12. The molecular weight excluding hydrogens is 322 g/mol. The molecule has 0 aliphatic rings. The van der Waals surface area contributed by atoms with Gasteiger partial charge in [0.05, 0.1) is 28.7 Å². The fourth-order valence-electron chi connectivity index (χ4n) is 1.71. The van der Waals surface area contributed by atoms with Gasteiger partial charge in [-0.05, 0) is 18.4 Å². The van der Waals surface area contributed by atoms with Gasteiger partial charge in [-0.25, -0.2) is 5.43 Å². The molecule has 0 unspecified atom stereocenters. The molecule has 0 radical (unpaired) electrons. The Labute approximate surface area is 135 Å². The molecule has 0 saturated heterocycles. The number of ether oxygens (including phenoxy) is 1. The molecule has 1 heterocycles. The van der Waals surface area contributed by atoms with Gasteiger partial charge in [-0.1, -0.05) is 6.07 Å². The van der Waals surface area contributed by atoms with E-state index in [4.69, 9.17) is 4.74 Å². The number of thiophene rings is 1. The summed E-state index contributed by atoms with van der Waals surface area (Å²) in [5.74, 6) is -0.717. The highest BCUT2D eigenvalue weighted by Gasteiger charge is 2.16. The third-order valence-corrected chi connectivity index (χ3v) is 3.58. The van der Waals surface area contributed by atoms with E-state index in [-0.39, 0.29) is 29.4 Å². The maximum absolute atomic E-state index is 11.7. The van der Waals surface area contributed by atoms with Crippen LogP contribution >= 0.6 is 11.3 Å². The number of rotatable bonds is 6. The zero-order valence-electron chi connectivity index (χ0n) is 12.1. The Balaban J connectivity index is 2.22. The largest absolute Gasteiger partial charge is 0.504 e. The number of hydrogen-bond acceptors (Lipinski definition) is 7. The smallest absolute Gasteiger partial charge is 0.281 e. The van der Waals surface area contributed by atoms with E-state index < -0.39 is 10.8 Å². The summed E-state index contributed by atoms with van der Waals surface area (Å²) < 4.78 is 5.15. The summed E-state index contributed by atoms with van der Waals surface area (Å²) in [7, 11) is 0. The lowest BCUT2D eigenvalue weighted by Crippen LogP contribution is -2.16.